The van der Waals surface area contributed by atoms with Crippen LogP contribution in [-0.4, -0.2) is 11.7 Å². The number of carbonyl (C=O) groups is 2. The predicted molar refractivity (Wildman–Crippen MR) is 106 cm³/mol. The molecule has 0 atom stereocenters. The molecule has 3 heteroatoms. The Hall–Kier alpha value is -2.68. The van der Waals surface area contributed by atoms with Gasteiger partial charge in [-0.25, -0.2) is 0 Å². The number of anilines is 1. The van der Waals surface area contributed by atoms with E-state index in [2.05, 4.69) is 25.2 Å². The number of hydrogen-bond donors (Lipinski definition) is 1. The van der Waals surface area contributed by atoms with Gasteiger partial charge in [-0.1, -0.05) is 44.2 Å². The van der Waals surface area contributed by atoms with Gasteiger partial charge in [-0.05, 0) is 66.5 Å². The number of fused-ring (bicyclic) bond motifs is 1. The number of ketones is 1. The second-order valence-corrected chi connectivity index (χ2v) is 7.11. The third-order valence-electron chi connectivity index (χ3n) is 4.89. The summed E-state index contributed by atoms with van der Waals surface area (Å²) in [4.78, 5) is 24.6. The number of rotatable bonds is 5. The van der Waals surface area contributed by atoms with E-state index in [9.17, 15) is 9.59 Å². The topological polar surface area (TPSA) is 46.2 Å². The molecule has 0 bridgehead atoms. The Balaban J connectivity index is 1.66. The van der Waals surface area contributed by atoms with Crippen LogP contribution in [0.4, 0.5) is 5.69 Å². The lowest BCUT2D eigenvalue weighted by molar-refractivity contribution is -0.111. The van der Waals surface area contributed by atoms with E-state index in [1.807, 2.05) is 36.4 Å². The minimum atomic E-state index is -0.291. The highest BCUT2D eigenvalue weighted by molar-refractivity contribution is 6.10. The summed E-state index contributed by atoms with van der Waals surface area (Å²) in [5.74, 6) is 0.0589. The SMILES string of the molecule is CC(C)c1ccc(NC(=O)/C=C/C(=O)c2cccc3c2CCCC3)cc1. The first-order valence-electron chi connectivity index (χ1n) is 9.28. The minimum absolute atomic E-state index is 0.103. The molecule has 0 aliphatic heterocycles. The fourth-order valence-electron chi connectivity index (χ4n) is 3.39. The van der Waals surface area contributed by atoms with Crippen molar-refractivity contribution in [1.82, 2.24) is 0 Å². The maximum Gasteiger partial charge on any atom is 0.248 e. The molecule has 3 nitrogen and oxygen atoms in total. The highest BCUT2D eigenvalue weighted by Gasteiger charge is 2.16. The number of hydrogen-bond acceptors (Lipinski definition) is 2. The summed E-state index contributed by atoms with van der Waals surface area (Å²) in [5.41, 5.74) is 5.10. The average Bonchev–Trinajstić information content (AvgIpc) is 2.66. The smallest absolute Gasteiger partial charge is 0.248 e. The Morgan fingerprint density at radius 3 is 2.42 bits per heavy atom. The molecule has 1 N–H and O–H groups in total. The van der Waals surface area contributed by atoms with Crippen molar-refractivity contribution >= 4 is 17.4 Å². The monoisotopic (exact) mass is 347 g/mol. The summed E-state index contributed by atoms with van der Waals surface area (Å²) < 4.78 is 0. The third-order valence-corrected chi connectivity index (χ3v) is 4.89. The average molecular weight is 347 g/mol. The first-order chi connectivity index (χ1) is 12.5. The van der Waals surface area contributed by atoms with E-state index < -0.39 is 0 Å². The Labute approximate surface area is 155 Å². The van der Waals surface area contributed by atoms with E-state index in [0.717, 1.165) is 36.1 Å². The molecule has 1 aliphatic carbocycles. The van der Waals surface area contributed by atoms with Crippen molar-refractivity contribution < 1.29 is 9.59 Å². The van der Waals surface area contributed by atoms with Crippen LogP contribution in [0.2, 0.25) is 0 Å². The molecule has 0 saturated heterocycles. The zero-order valence-electron chi connectivity index (χ0n) is 15.4. The largest absolute Gasteiger partial charge is 0.323 e. The summed E-state index contributed by atoms with van der Waals surface area (Å²) in [6.45, 7) is 4.26. The van der Waals surface area contributed by atoms with Crippen molar-refractivity contribution in [3.8, 4) is 0 Å². The lowest BCUT2D eigenvalue weighted by Gasteiger charge is -2.17. The maximum absolute atomic E-state index is 12.5. The Kier molecular flexibility index (Phi) is 5.67. The molecule has 0 saturated carbocycles. The standard InChI is InChI=1S/C23H25NO2/c1-16(2)17-10-12-19(13-11-17)24-23(26)15-14-22(25)21-9-5-7-18-6-3-4-8-20(18)21/h5,7,9-16H,3-4,6,8H2,1-2H3,(H,24,26)/b15-14+. The van der Waals surface area contributed by atoms with Gasteiger partial charge in [0.05, 0.1) is 0 Å². The van der Waals surface area contributed by atoms with Crippen LogP contribution in [0.3, 0.4) is 0 Å². The third kappa shape index (κ3) is 4.29. The second-order valence-electron chi connectivity index (χ2n) is 7.11. The molecule has 0 heterocycles. The fourth-order valence-corrected chi connectivity index (χ4v) is 3.39. The molecular weight excluding hydrogens is 322 g/mol. The summed E-state index contributed by atoms with van der Waals surface area (Å²) >= 11 is 0. The molecule has 3 rings (SSSR count). The quantitative estimate of drug-likeness (QED) is 0.606. The molecule has 134 valence electrons. The van der Waals surface area contributed by atoms with Gasteiger partial charge < -0.3 is 5.32 Å². The number of nitrogens with one attached hydrogen (secondary N) is 1. The zero-order valence-corrected chi connectivity index (χ0v) is 15.4. The molecule has 1 amide bonds. The number of carbonyl (C=O) groups excluding carboxylic acids is 2. The Bertz CT molecular complexity index is 832. The first kappa shape index (κ1) is 18.1. The lowest BCUT2D eigenvalue weighted by atomic mass is 9.87. The van der Waals surface area contributed by atoms with Crippen LogP contribution >= 0.6 is 0 Å². The van der Waals surface area contributed by atoms with Gasteiger partial charge in [0.2, 0.25) is 5.91 Å². The van der Waals surface area contributed by atoms with Gasteiger partial charge >= 0.3 is 0 Å². The fraction of sp³-hybridized carbons (Fsp3) is 0.304. The summed E-state index contributed by atoms with van der Waals surface area (Å²) in [6, 6.07) is 13.7. The summed E-state index contributed by atoms with van der Waals surface area (Å²) in [7, 11) is 0. The normalized spacial score (nSPS) is 13.7. The van der Waals surface area contributed by atoms with E-state index in [0.29, 0.717) is 5.92 Å². The van der Waals surface area contributed by atoms with Crippen LogP contribution in [0, 0.1) is 0 Å². The van der Waals surface area contributed by atoms with E-state index in [1.165, 1.54) is 29.7 Å². The molecule has 2 aromatic rings. The van der Waals surface area contributed by atoms with Crippen molar-refractivity contribution in [2.24, 2.45) is 0 Å². The number of amides is 1. The van der Waals surface area contributed by atoms with E-state index in [4.69, 9.17) is 0 Å². The van der Waals surface area contributed by atoms with Gasteiger partial charge in [-0.2, -0.15) is 0 Å². The summed E-state index contributed by atoms with van der Waals surface area (Å²) in [5, 5.41) is 2.80. The van der Waals surface area contributed by atoms with Gasteiger partial charge in [0.25, 0.3) is 0 Å². The Morgan fingerprint density at radius 2 is 1.69 bits per heavy atom. The summed E-state index contributed by atoms with van der Waals surface area (Å²) in [6.07, 6.45) is 6.97. The van der Waals surface area contributed by atoms with E-state index in [1.54, 1.807) is 0 Å². The second kappa shape index (κ2) is 8.13. The first-order valence-corrected chi connectivity index (χ1v) is 9.28. The van der Waals surface area contributed by atoms with Crippen LogP contribution in [0.5, 0.6) is 0 Å². The molecule has 0 aromatic heterocycles. The maximum atomic E-state index is 12.5. The zero-order chi connectivity index (χ0) is 18.5. The van der Waals surface area contributed by atoms with E-state index in [-0.39, 0.29) is 11.7 Å². The molecular formula is C23H25NO2. The molecule has 0 fully saturated rings. The van der Waals surface area contributed by atoms with Gasteiger partial charge in [-0.15, -0.1) is 0 Å². The molecule has 1 aliphatic rings. The van der Waals surface area contributed by atoms with Crippen molar-refractivity contribution in [2.45, 2.75) is 45.4 Å². The number of aryl methyl sites for hydroxylation is 1. The van der Waals surface area contributed by atoms with Crippen molar-refractivity contribution in [1.29, 1.82) is 0 Å². The van der Waals surface area contributed by atoms with Crippen molar-refractivity contribution in [2.75, 3.05) is 5.32 Å². The van der Waals surface area contributed by atoms with E-state index >= 15 is 0 Å². The Morgan fingerprint density at radius 1 is 0.962 bits per heavy atom. The van der Waals surface area contributed by atoms with Crippen LogP contribution < -0.4 is 5.32 Å². The highest BCUT2D eigenvalue weighted by Crippen LogP contribution is 2.25. The van der Waals surface area contributed by atoms with Crippen molar-refractivity contribution in [3.63, 3.8) is 0 Å². The van der Waals surface area contributed by atoms with Crippen LogP contribution in [-0.2, 0) is 17.6 Å². The van der Waals surface area contributed by atoms with Gasteiger partial charge in [0.1, 0.15) is 0 Å². The molecule has 2 aromatic carbocycles. The van der Waals surface area contributed by atoms with Gasteiger partial charge in [-0.3, -0.25) is 9.59 Å². The number of benzene rings is 2. The number of allylic oxidation sites excluding steroid dienone is 1. The van der Waals surface area contributed by atoms with Gasteiger partial charge in [0, 0.05) is 17.3 Å². The minimum Gasteiger partial charge on any atom is -0.323 e. The molecule has 26 heavy (non-hydrogen) atoms. The highest BCUT2D eigenvalue weighted by atomic mass is 16.1. The van der Waals surface area contributed by atoms with Crippen molar-refractivity contribution in [3.05, 3.63) is 76.9 Å². The molecule has 0 spiro atoms. The van der Waals surface area contributed by atoms with Crippen LogP contribution in [0.15, 0.2) is 54.6 Å². The van der Waals surface area contributed by atoms with Gasteiger partial charge in [0.15, 0.2) is 5.78 Å². The van der Waals surface area contributed by atoms with Crippen LogP contribution in [0.25, 0.3) is 0 Å². The molecule has 0 unspecified atom stereocenters. The predicted octanol–water partition coefficient (Wildman–Crippen LogP) is 5.07. The molecule has 0 radical (unpaired) electrons. The van der Waals surface area contributed by atoms with Crippen LogP contribution in [0.1, 0.15) is 59.7 Å². The lowest BCUT2D eigenvalue weighted by Crippen LogP contribution is -2.11.